The fraction of sp³-hybridized carbons (Fsp3) is 0.333. The Morgan fingerprint density at radius 3 is 2.15 bits per heavy atom. The molecule has 0 saturated heterocycles. The summed E-state index contributed by atoms with van der Waals surface area (Å²) in [4.78, 5) is 13.9. The van der Waals surface area contributed by atoms with E-state index in [0.29, 0.717) is 7.11 Å². The number of hydrogen-bond donors (Lipinski definition) is 0. The molecule has 112 valence electrons. The summed E-state index contributed by atoms with van der Waals surface area (Å²) in [6.45, 7) is 0. The molecule has 0 unspecified atom stereocenters. The van der Waals surface area contributed by atoms with Crippen LogP contribution in [0.5, 0.6) is 5.88 Å². The van der Waals surface area contributed by atoms with E-state index < -0.39 is 41.3 Å². The van der Waals surface area contributed by atoms with Gasteiger partial charge >= 0.3 is 18.5 Å². The van der Waals surface area contributed by atoms with Gasteiger partial charge in [0.2, 0.25) is 5.88 Å². The molecule has 4 nitrogen and oxygen atoms in total. The number of nitrogens with zero attached hydrogens (tertiary/aromatic N) is 1. The van der Waals surface area contributed by atoms with E-state index in [1.807, 2.05) is 0 Å². The van der Waals surface area contributed by atoms with Crippen LogP contribution in [0.4, 0.5) is 30.7 Å². The molecule has 0 radical (unpaired) electrons. The van der Waals surface area contributed by atoms with Crippen molar-refractivity contribution in [2.24, 2.45) is 0 Å². The predicted molar refractivity (Wildman–Crippen MR) is 47.2 cm³/mol. The second kappa shape index (κ2) is 5.13. The van der Waals surface area contributed by atoms with E-state index in [9.17, 15) is 35.5 Å². The first kappa shape index (κ1) is 16.0. The van der Waals surface area contributed by atoms with Crippen LogP contribution in [0.15, 0.2) is 6.20 Å². The highest BCUT2D eigenvalue weighted by molar-refractivity contribution is 5.93. The maximum Gasteiger partial charge on any atom is 0.574 e. The molecule has 0 aliphatic rings. The predicted octanol–water partition coefficient (Wildman–Crippen LogP) is 2.92. The van der Waals surface area contributed by atoms with E-state index >= 15 is 0 Å². The summed E-state index contributed by atoms with van der Waals surface area (Å²) < 4.78 is 94.1. The lowest BCUT2D eigenvalue weighted by molar-refractivity contribution is -0.276. The number of carbonyl (C=O) groups is 1. The molecule has 0 amide bonds. The second-order valence-electron chi connectivity index (χ2n) is 3.20. The average Bonchev–Trinajstić information content (AvgIpc) is 2.26. The van der Waals surface area contributed by atoms with E-state index in [1.54, 1.807) is 0 Å². The lowest BCUT2D eigenvalue weighted by Crippen LogP contribution is -2.24. The first-order valence-electron chi connectivity index (χ1n) is 4.57. The van der Waals surface area contributed by atoms with E-state index in [2.05, 4.69) is 14.5 Å². The fourth-order valence-corrected chi connectivity index (χ4v) is 1.23. The smallest absolute Gasteiger partial charge is 0.465 e. The third-order valence-corrected chi connectivity index (χ3v) is 1.88. The molecule has 20 heavy (non-hydrogen) atoms. The quantitative estimate of drug-likeness (QED) is 0.622. The summed E-state index contributed by atoms with van der Waals surface area (Å²) in [5, 5.41) is 0. The molecule has 1 heterocycles. The topological polar surface area (TPSA) is 48.4 Å². The zero-order valence-corrected chi connectivity index (χ0v) is 9.40. The van der Waals surface area contributed by atoms with Crippen LogP contribution in [0.25, 0.3) is 0 Å². The first-order valence-corrected chi connectivity index (χ1v) is 4.57. The number of halogens is 7. The number of methoxy groups -OCH3 is 1. The van der Waals surface area contributed by atoms with Crippen LogP contribution in [-0.4, -0.2) is 24.4 Å². The molecule has 0 bridgehead atoms. The van der Waals surface area contributed by atoms with E-state index in [-0.39, 0.29) is 6.20 Å². The minimum absolute atomic E-state index is 0.143. The molecular weight excluding hydrogens is 303 g/mol. The van der Waals surface area contributed by atoms with Gasteiger partial charge in [0.05, 0.1) is 13.3 Å². The Bertz CT molecular complexity index is 523. The van der Waals surface area contributed by atoms with Crippen molar-refractivity contribution in [3.8, 4) is 5.88 Å². The Morgan fingerprint density at radius 1 is 1.20 bits per heavy atom. The van der Waals surface area contributed by atoms with Crippen molar-refractivity contribution in [1.29, 1.82) is 0 Å². The van der Waals surface area contributed by atoms with Crippen LogP contribution in [0.1, 0.15) is 15.9 Å². The molecule has 0 atom stereocenters. The molecule has 1 aromatic heterocycles. The highest BCUT2D eigenvalue weighted by Crippen LogP contribution is 2.38. The first-order chi connectivity index (χ1) is 8.97. The van der Waals surface area contributed by atoms with Crippen LogP contribution in [0.2, 0.25) is 0 Å². The number of esters is 1. The Morgan fingerprint density at radius 2 is 1.75 bits per heavy atom. The third-order valence-electron chi connectivity index (χ3n) is 1.88. The van der Waals surface area contributed by atoms with Gasteiger partial charge in [-0.25, -0.2) is 14.2 Å². The number of carbonyl (C=O) groups excluding carboxylic acids is 1. The maximum absolute atomic E-state index is 13.1. The van der Waals surface area contributed by atoms with Crippen molar-refractivity contribution in [2.75, 3.05) is 7.11 Å². The summed E-state index contributed by atoms with van der Waals surface area (Å²) in [6.07, 6.45) is -11.0. The zero-order chi connectivity index (χ0) is 15.7. The van der Waals surface area contributed by atoms with Gasteiger partial charge in [0.25, 0.3) is 0 Å². The third kappa shape index (κ3) is 3.48. The van der Waals surface area contributed by atoms with Crippen molar-refractivity contribution >= 4 is 5.97 Å². The number of aromatic nitrogens is 1. The van der Waals surface area contributed by atoms with Crippen molar-refractivity contribution in [3.63, 3.8) is 0 Å². The van der Waals surface area contributed by atoms with Gasteiger partial charge in [0, 0.05) is 0 Å². The standard InChI is InChI=1S/C9H4F7NO3/c1-19-7(18)4-5(8(11,12)13)3(10)2-17-6(4)20-9(14,15)16/h2H,1H3. The van der Waals surface area contributed by atoms with Gasteiger partial charge in [0.1, 0.15) is 11.1 Å². The molecule has 0 spiro atoms. The normalized spacial score (nSPS) is 12.2. The Labute approximate surface area is 106 Å². The van der Waals surface area contributed by atoms with Gasteiger partial charge in [-0.1, -0.05) is 0 Å². The molecule has 0 fully saturated rings. The molecule has 0 saturated carbocycles. The highest BCUT2D eigenvalue weighted by atomic mass is 19.4. The zero-order valence-electron chi connectivity index (χ0n) is 9.40. The van der Waals surface area contributed by atoms with E-state index in [1.165, 1.54) is 0 Å². The van der Waals surface area contributed by atoms with Crippen LogP contribution < -0.4 is 4.74 Å². The van der Waals surface area contributed by atoms with Gasteiger partial charge in [-0.05, 0) is 0 Å². The molecule has 0 N–H and O–H groups in total. The molecule has 1 aromatic rings. The monoisotopic (exact) mass is 307 g/mol. The summed E-state index contributed by atoms with van der Waals surface area (Å²) in [5.41, 5.74) is -4.05. The minimum Gasteiger partial charge on any atom is -0.465 e. The maximum atomic E-state index is 13.1. The number of pyridine rings is 1. The summed E-state index contributed by atoms with van der Waals surface area (Å²) in [6, 6.07) is 0. The fourth-order valence-electron chi connectivity index (χ4n) is 1.23. The van der Waals surface area contributed by atoms with E-state index in [4.69, 9.17) is 0 Å². The average molecular weight is 307 g/mol. The van der Waals surface area contributed by atoms with Crippen LogP contribution in [0.3, 0.4) is 0 Å². The Kier molecular flexibility index (Phi) is 4.10. The van der Waals surface area contributed by atoms with Gasteiger partial charge < -0.3 is 9.47 Å². The molecule has 0 aromatic carbocycles. The molecular formula is C9H4F7NO3. The Hall–Kier alpha value is -2.07. The van der Waals surface area contributed by atoms with Crippen molar-refractivity contribution in [1.82, 2.24) is 4.98 Å². The molecule has 11 heteroatoms. The molecule has 0 aliphatic heterocycles. The molecule has 1 rings (SSSR count). The van der Waals surface area contributed by atoms with Gasteiger partial charge in [-0.15, -0.1) is 13.2 Å². The SMILES string of the molecule is COC(=O)c1c(OC(F)(F)F)ncc(F)c1C(F)(F)F. The lowest BCUT2D eigenvalue weighted by Gasteiger charge is -2.16. The second-order valence-corrected chi connectivity index (χ2v) is 3.20. The highest BCUT2D eigenvalue weighted by Gasteiger charge is 2.44. The number of ether oxygens (including phenoxy) is 2. The van der Waals surface area contributed by atoms with Crippen LogP contribution in [0, 0.1) is 5.82 Å². The summed E-state index contributed by atoms with van der Waals surface area (Å²) >= 11 is 0. The van der Waals surface area contributed by atoms with Crippen molar-refractivity contribution < 1.29 is 45.0 Å². The van der Waals surface area contributed by atoms with Crippen LogP contribution in [-0.2, 0) is 10.9 Å². The van der Waals surface area contributed by atoms with Gasteiger partial charge in [0.15, 0.2) is 5.82 Å². The number of alkyl halides is 6. The van der Waals surface area contributed by atoms with Gasteiger partial charge in [-0.3, -0.25) is 0 Å². The lowest BCUT2D eigenvalue weighted by atomic mass is 10.1. The van der Waals surface area contributed by atoms with Crippen LogP contribution >= 0.6 is 0 Å². The minimum atomic E-state index is -5.44. The Balaban J connectivity index is 3.58. The van der Waals surface area contributed by atoms with E-state index in [0.717, 1.165) is 0 Å². The number of hydrogen-bond acceptors (Lipinski definition) is 4. The van der Waals surface area contributed by atoms with Crippen molar-refractivity contribution in [2.45, 2.75) is 12.5 Å². The summed E-state index contributed by atoms with van der Waals surface area (Å²) in [7, 11) is 0.602. The largest absolute Gasteiger partial charge is 0.574 e. The van der Waals surface area contributed by atoms with Crippen molar-refractivity contribution in [3.05, 3.63) is 23.1 Å². The summed E-state index contributed by atoms with van der Waals surface area (Å²) in [5.74, 6) is -5.66. The van der Waals surface area contributed by atoms with Gasteiger partial charge in [-0.2, -0.15) is 13.2 Å². The molecule has 0 aliphatic carbocycles. The number of rotatable bonds is 2.